The van der Waals surface area contributed by atoms with Gasteiger partial charge in [0.15, 0.2) is 0 Å². The molecule has 5 aromatic rings. The second-order valence-electron chi connectivity index (χ2n) is 8.20. The molecule has 0 saturated carbocycles. The van der Waals surface area contributed by atoms with Crippen molar-refractivity contribution in [2.75, 3.05) is 5.32 Å². The Morgan fingerprint density at radius 3 is 2.34 bits per heavy atom. The molecule has 3 aromatic carbocycles. The SMILES string of the molecule is Cc1cc(NC(=O)C2c3ccccc3Oc3ccccc32)n(-c2nc(-c3ccc(Cl)cc3)cs2)n1. The summed E-state index contributed by atoms with van der Waals surface area (Å²) in [7, 11) is 0. The van der Waals surface area contributed by atoms with E-state index in [-0.39, 0.29) is 5.91 Å². The van der Waals surface area contributed by atoms with Crippen LogP contribution in [0.25, 0.3) is 16.4 Å². The maximum absolute atomic E-state index is 13.7. The highest BCUT2D eigenvalue weighted by molar-refractivity contribution is 7.12. The molecule has 3 heterocycles. The smallest absolute Gasteiger partial charge is 0.237 e. The van der Waals surface area contributed by atoms with Crippen LogP contribution in [0.1, 0.15) is 22.7 Å². The lowest BCUT2D eigenvalue weighted by Gasteiger charge is -2.27. The quantitative estimate of drug-likeness (QED) is 0.294. The normalized spacial score (nSPS) is 12.5. The van der Waals surface area contributed by atoms with Gasteiger partial charge in [0, 0.05) is 33.2 Å². The number of rotatable bonds is 4. The predicted molar refractivity (Wildman–Crippen MR) is 138 cm³/mol. The number of anilines is 1. The van der Waals surface area contributed by atoms with Gasteiger partial charge >= 0.3 is 0 Å². The Morgan fingerprint density at radius 2 is 1.66 bits per heavy atom. The van der Waals surface area contributed by atoms with E-state index in [2.05, 4.69) is 10.4 Å². The maximum Gasteiger partial charge on any atom is 0.237 e. The maximum atomic E-state index is 13.7. The van der Waals surface area contributed by atoms with Crippen LogP contribution in [-0.2, 0) is 4.79 Å². The van der Waals surface area contributed by atoms with E-state index in [1.165, 1.54) is 11.3 Å². The van der Waals surface area contributed by atoms with Crippen LogP contribution in [0, 0.1) is 6.92 Å². The molecular weight excluding hydrogens is 480 g/mol. The number of hydrogen-bond donors (Lipinski definition) is 1. The average molecular weight is 499 g/mol. The summed E-state index contributed by atoms with van der Waals surface area (Å²) in [5.74, 6) is 1.25. The van der Waals surface area contributed by atoms with Gasteiger partial charge in [0.05, 0.1) is 17.3 Å². The van der Waals surface area contributed by atoms with Crippen molar-refractivity contribution in [3.8, 4) is 27.9 Å². The van der Waals surface area contributed by atoms with E-state index in [4.69, 9.17) is 21.3 Å². The van der Waals surface area contributed by atoms with E-state index in [0.29, 0.717) is 27.5 Å². The number of fused-ring (bicyclic) bond motifs is 2. The van der Waals surface area contributed by atoms with Crippen molar-refractivity contribution in [2.24, 2.45) is 0 Å². The van der Waals surface area contributed by atoms with Gasteiger partial charge in [0.1, 0.15) is 17.3 Å². The van der Waals surface area contributed by atoms with Crippen LogP contribution in [0.3, 0.4) is 0 Å². The van der Waals surface area contributed by atoms with Gasteiger partial charge < -0.3 is 10.1 Å². The third-order valence-corrected chi connectivity index (χ3v) is 6.91. The molecule has 6 nitrogen and oxygen atoms in total. The van der Waals surface area contributed by atoms with Gasteiger partial charge in [-0.1, -0.05) is 60.1 Å². The molecule has 172 valence electrons. The van der Waals surface area contributed by atoms with Crippen molar-refractivity contribution in [3.05, 3.63) is 106 Å². The summed E-state index contributed by atoms with van der Waals surface area (Å²) >= 11 is 7.47. The molecule has 0 bridgehead atoms. The van der Waals surface area contributed by atoms with Crippen LogP contribution >= 0.6 is 22.9 Å². The molecule has 1 aliphatic heterocycles. The minimum absolute atomic E-state index is 0.163. The molecule has 0 fully saturated rings. The number of amides is 1. The van der Waals surface area contributed by atoms with Gasteiger partial charge in [0.25, 0.3) is 0 Å². The van der Waals surface area contributed by atoms with Gasteiger partial charge in [-0.05, 0) is 31.2 Å². The van der Waals surface area contributed by atoms with Crippen LogP contribution in [0.5, 0.6) is 11.5 Å². The number of carbonyl (C=O) groups is 1. The first kappa shape index (κ1) is 21.6. The van der Waals surface area contributed by atoms with Crippen molar-refractivity contribution in [3.63, 3.8) is 0 Å². The zero-order valence-corrected chi connectivity index (χ0v) is 20.2. The van der Waals surface area contributed by atoms with E-state index in [1.54, 1.807) is 4.68 Å². The summed E-state index contributed by atoms with van der Waals surface area (Å²) in [4.78, 5) is 18.5. The standard InChI is InChI=1S/C27H19ClN4O2S/c1-16-14-24(32(31-16)27-29-21(15-35-27)17-10-12-18(28)13-11-17)30-26(33)25-19-6-2-4-8-22(19)34-23-9-5-3-7-20(23)25/h2-15,25H,1H3,(H,30,33). The molecule has 1 amide bonds. The molecule has 8 heteroatoms. The third-order valence-electron chi connectivity index (χ3n) is 5.84. The van der Waals surface area contributed by atoms with Crippen molar-refractivity contribution >= 4 is 34.7 Å². The zero-order valence-electron chi connectivity index (χ0n) is 18.6. The Hall–Kier alpha value is -3.94. The van der Waals surface area contributed by atoms with Gasteiger partial charge in [-0.2, -0.15) is 9.78 Å². The van der Waals surface area contributed by atoms with Crippen molar-refractivity contribution in [2.45, 2.75) is 12.8 Å². The molecule has 1 aliphatic rings. The summed E-state index contributed by atoms with van der Waals surface area (Å²) in [5, 5.41) is 11.0. The Labute approximate surface area is 210 Å². The number of nitrogens with one attached hydrogen (secondary N) is 1. The average Bonchev–Trinajstić information content (AvgIpc) is 3.49. The molecule has 2 aromatic heterocycles. The van der Waals surface area contributed by atoms with E-state index in [9.17, 15) is 4.79 Å². The Balaban J connectivity index is 1.34. The highest BCUT2D eigenvalue weighted by atomic mass is 35.5. The Bertz CT molecular complexity index is 1510. The molecular formula is C27H19ClN4O2S. The molecule has 0 saturated heterocycles. The number of ether oxygens (including phenoxy) is 1. The highest BCUT2D eigenvalue weighted by Crippen LogP contribution is 2.44. The number of thiazole rings is 1. The van der Waals surface area contributed by atoms with E-state index in [0.717, 1.165) is 28.1 Å². The Morgan fingerprint density at radius 1 is 1.00 bits per heavy atom. The first-order valence-electron chi connectivity index (χ1n) is 11.0. The second kappa shape index (κ2) is 8.69. The molecule has 0 unspecified atom stereocenters. The fraction of sp³-hybridized carbons (Fsp3) is 0.0741. The molecule has 0 aliphatic carbocycles. The number of carbonyl (C=O) groups excluding carboxylic acids is 1. The summed E-state index contributed by atoms with van der Waals surface area (Å²) in [6, 6.07) is 24.6. The molecule has 0 spiro atoms. The second-order valence-corrected chi connectivity index (χ2v) is 9.48. The third kappa shape index (κ3) is 3.99. The van der Waals surface area contributed by atoms with Gasteiger partial charge in [-0.3, -0.25) is 4.79 Å². The van der Waals surface area contributed by atoms with Crippen LogP contribution in [-0.4, -0.2) is 20.7 Å². The summed E-state index contributed by atoms with van der Waals surface area (Å²) in [6.45, 7) is 1.89. The number of aryl methyl sites for hydroxylation is 1. The van der Waals surface area contributed by atoms with E-state index < -0.39 is 5.92 Å². The minimum Gasteiger partial charge on any atom is -0.457 e. The van der Waals surface area contributed by atoms with E-state index in [1.807, 2.05) is 91.2 Å². The first-order chi connectivity index (χ1) is 17.1. The van der Waals surface area contributed by atoms with Crippen molar-refractivity contribution in [1.82, 2.24) is 14.8 Å². The largest absolute Gasteiger partial charge is 0.457 e. The van der Waals surface area contributed by atoms with E-state index >= 15 is 0 Å². The van der Waals surface area contributed by atoms with Gasteiger partial charge in [-0.15, -0.1) is 11.3 Å². The van der Waals surface area contributed by atoms with Crippen molar-refractivity contribution in [1.29, 1.82) is 0 Å². The number of hydrogen-bond acceptors (Lipinski definition) is 5. The minimum atomic E-state index is -0.513. The molecule has 35 heavy (non-hydrogen) atoms. The summed E-state index contributed by atoms with van der Waals surface area (Å²) in [5.41, 5.74) is 4.20. The van der Waals surface area contributed by atoms with Gasteiger partial charge in [0.2, 0.25) is 11.0 Å². The predicted octanol–water partition coefficient (Wildman–Crippen LogP) is 6.83. The van der Waals surface area contributed by atoms with Gasteiger partial charge in [-0.25, -0.2) is 4.98 Å². The zero-order chi connectivity index (χ0) is 23.9. The number of benzene rings is 3. The van der Waals surface area contributed by atoms with Crippen LogP contribution in [0.4, 0.5) is 5.82 Å². The first-order valence-corrected chi connectivity index (χ1v) is 12.3. The molecule has 0 radical (unpaired) electrons. The van der Waals surface area contributed by atoms with Crippen LogP contribution < -0.4 is 10.1 Å². The van der Waals surface area contributed by atoms with Crippen LogP contribution in [0.15, 0.2) is 84.2 Å². The van der Waals surface area contributed by atoms with Crippen LogP contribution in [0.2, 0.25) is 5.02 Å². The number of nitrogens with zero attached hydrogens (tertiary/aromatic N) is 3. The number of halogens is 1. The molecule has 1 N–H and O–H groups in total. The summed E-state index contributed by atoms with van der Waals surface area (Å²) < 4.78 is 7.72. The molecule has 0 atom stereocenters. The lowest BCUT2D eigenvalue weighted by atomic mass is 9.87. The summed E-state index contributed by atoms with van der Waals surface area (Å²) in [6.07, 6.45) is 0. The Kier molecular flexibility index (Phi) is 5.36. The topological polar surface area (TPSA) is 69.0 Å². The fourth-order valence-electron chi connectivity index (χ4n) is 4.24. The molecule has 6 rings (SSSR count). The number of para-hydroxylation sites is 2. The fourth-order valence-corrected chi connectivity index (χ4v) is 5.16. The van der Waals surface area contributed by atoms with Crippen molar-refractivity contribution < 1.29 is 9.53 Å². The lowest BCUT2D eigenvalue weighted by molar-refractivity contribution is -0.116. The monoisotopic (exact) mass is 498 g/mol. The highest BCUT2D eigenvalue weighted by Gasteiger charge is 2.33. The lowest BCUT2D eigenvalue weighted by Crippen LogP contribution is -2.26. The number of aromatic nitrogens is 3.